The van der Waals surface area contributed by atoms with Gasteiger partial charge in [0, 0.05) is 24.7 Å². The highest BCUT2D eigenvalue weighted by atomic mass is 32.1. The summed E-state index contributed by atoms with van der Waals surface area (Å²) in [5.74, 6) is 0.196. The predicted octanol–water partition coefficient (Wildman–Crippen LogP) is 1.90. The molecule has 0 saturated carbocycles. The van der Waals surface area contributed by atoms with Gasteiger partial charge in [-0.3, -0.25) is 10.8 Å². The Hall–Kier alpha value is -1.94. The van der Waals surface area contributed by atoms with Crippen molar-refractivity contribution in [2.24, 2.45) is 5.10 Å². The van der Waals surface area contributed by atoms with Crippen LogP contribution in [0.3, 0.4) is 0 Å². The lowest BCUT2D eigenvalue weighted by Gasteiger charge is -2.27. The highest BCUT2D eigenvalue weighted by Crippen LogP contribution is 2.11. The molecule has 2 heterocycles. The van der Waals surface area contributed by atoms with Gasteiger partial charge < -0.3 is 4.90 Å². The van der Waals surface area contributed by atoms with Crippen LogP contribution in [0.5, 0.6) is 0 Å². The number of nitriles is 1. The topological polar surface area (TPSA) is 88.2 Å². The van der Waals surface area contributed by atoms with Gasteiger partial charge in [0.1, 0.15) is 6.07 Å². The summed E-state index contributed by atoms with van der Waals surface area (Å²) in [6.07, 6.45) is 4.99. The molecule has 1 aliphatic rings. The van der Waals surface area contributed by atoms with Crippen LogP contribution in [0.25, 0.3) is 0 Å². The van der Waals surface area contributed by atoms with Crippen molar-refractivity contribution in [1.82, 2.24) is 9.88 Å². The maximum Gasteiger partial charge on any atom is 0.203 e. The van der Waals surface area contributed by atoms with Gasteiger partial charge in [0.25, 0.3) is 0 Å². The van der Waals surface area contributed by atoms with Gasteiger partial charge in [-0.25, -0.2) is 4.98 Å². The average molecular weight is 262 g/mol. The van der Waals surface area contributed by atoms with Crippen molar-refractivity contribution in [3.63, 3.8) is 0 Å². The Morgan fingerprint density at radius 2 is 2.28 bits per heavy atom. The number of piperidine rings is 1. The summed E-state index contributed by atoms with van der Waals surface area (Å²) in [5, 5.41) is 23.4. The smallest absolute Gasteiger partial charge is 0.203 e. The Kier molecular flexibility index (Phi) is 4.25. The zero-order valence-corrected chi connectivity index (χ0v) is 10.7. The molecular formula is C11H14N6S. The van der Waals surface area contributed by atoms with E-state index in [1.807, 2.05) is 16.3 Å². The van der Waals surface area contributed by atoms with Gasteiger partial charge >= 0.3 is 0 Å². The van der Waals surface area contributed by atoms with Crippen LogP contribution in [0.1, 0.15) is 19.3 Å². The quantitative estimate of drug-likeness (QED) is 0.494. The molecule has 7 heteroatoms. The number of nitrogens with one attached hydrogen (secondary N) is 2. The zero-order chi connectivity index (χ0) is 12.8. The molecule has 1 aromatic rings. The van der Waals surface area contributed by atoms with Crippen LogP contribution in [-0.2, 0) is 0 Å². The molecule has 1 aliphatic heterocycles. The molecule has 6 nitrogen and oxygen atoms in total. The van der Waals surface area contributed by atoms with Gasteiger partial charge in [0.15, 0.2) is 5.84 Å². The van der Waals surface area contributed by atoms with Crippen molar-refractivity contribution in [1.29, 1.82) is 10.7 Å². The highest BCUT2D eigenvalue weighted by Gasteiger charge is 2.18. The van der Waals surface area contributed by atoms with E-state index >= 15 is 0 Å². The summed E-state index contributed by atoms with van der Waals surface area (Å²) >= 11 is 1.40. The summed E-state index contributed by atoms with van der Waals surface area (Å²) in [4.78, 5) is 5.90. The van der Waals surface area contributed by atoms with Crippen LogP contribution in [0.4, 0.5) is 5.13 Å². The first-order valence-electron chi connectivity index (χ1n) is 5.78. The van der Waals surface area contributed by atoms with Crippen LogP contribution < -0.4 is 5.43 Å². The maximum atomic E-state index is 9.05. The molecule has 0 aliphatic carbocycles. The summed E-state index contributed by atoms with van der Waals surface area (Å²) in [6.45, 7) is 1.66. The molecule has 0 radical (unpaired) electrons. The summed E-state index contributed by atoms with van der Waals surface area (Å²) in [7, 11) is 0. The van der Waals surface area contributed by atoms with Crippen LogP contribution >= 0.6 is 11.3 Å². The maximum absolute atomic E-state index is 9.05. The molecule has 0 amide bonds. The lowest BCUT2D eigenvalue weighted by molar-refractivity contribution is 0.344. The van der Waals surface area contributed by atoms with Gasteiger partial charge in [0.05, 0.1) is 0 Å². The molecule has 1 saturated heterocycles. The second-order valence-corrected chi connectivity index (χ2v) is 4.81. The standard InChI is InChI=1S/C11H14N6S/c12-8-9(15-16-11-14-4-7-18-11)10(13)17-5-2-1-3-6-17/h4,7,13H,1-3,5-6H2,(H,14,16)/b13-10?,15-9+. The van der Waals surface area contributed by atoms with Crippen molar-refractivity contribution in [3.8, 4) is 6.07 Å². The van der Waals surface area contributed by atoms with Crippen LogP contribution in [-0.4, -0.2) is 34.5 Å². The molecule has 0 atom stereocenters. The first-order chi connectivity index (χ1) is 8.81. The largest absolute Gasteiger partial charge is 0.355 e. The second-order valence-electron chi connectivity index (χ2n) is 3.92. The number of likely N-dealkylation sites (tertiary alicyclic amines) is 1. The highest BCUT2D eigenvalue weighted by molar-refractivity contribution is 7.13. The minimum Gasteiger partial charge on any atom is -0.355 e. The first-order valence-corrected chi connectivity index (χ1v) is 6.66. The molecule has 18 heavy (non-hydrogen) atoms. The number of nitrogens with zero attached hydrogens (tertiary/aromatic N) is 4. The molecule has 0 unspecified atom stereocenters. The number of rotatable bonds is 3. The third kappa shape index (κ3) is 3.05. The molecule has 0 bridgehead atoms. The minimum atomic E-state index is 0.104. The number of thiazole rings is 1. The van der Waals surface area contributed by atoms with Gasteiger partial charge in [-0.05, 0) is 19.3 Å². The molecule has 1 fully saturated rings. The van der Waals surface area contributed by atoms with Gasteiger partial charge in [-0.1, -0.05) is 0 Å². The number of anilines is 1. The third-order valence-electron chi connectivity index (χ3n) is 2.70. The summed E-state index contributed by atoms with van der Waals surface area (Å²) in [6, 6.07) is 1.96. The molecule has 0 spiro atoms. The van der Waals surface area contributed by atoms with E-state index in [9.17, 15) is 0 Å². The number of hydrogen-bond donors (Lipinski definition) is 2. The fraction of sp³-hybridized carbons (Fsp3) is 0.455. The number of hydrogen-bond acceptors (Lipinski definition) is 6. The average Bonchev–Trinajstić information content (AvgIpc) is 2.93. The molecule has 0 aromatic carbocycles. The molecule has 94 valence electrons. The Morgan fingerprint density at radius 3 is 2.89 bits per heavy atom. The van der Waals surface area contributed by atoms with Crippen LogP contribution in [0.2, 0.25) is 0 Å². The summed E-state index contributed by atoms with van der Waals surface area (Å²) in [5.41, 5.74) is 2.80. The first kappa shape index (κ1) is 12.5. The van der Waals surface area contributed by atoms with Crippen LogP contribution in [0, 0.1) is 16.7 Å². The van der Waals surface area contributed by atoms with E-state index in [1.165, 1.54) is 17.8 Å². The monoisotopic (exact) mass is 262 g/mol. The Labute approximate surface area is 109 Å². The lowest BCUT2D eigenvalue weighted by atomic mass is 10.1. The van der Waals surface area contributed by atoms with Crippen molar-refractivity contribution in [2.75, 3.05) is 18.5 Å². The molecule has 2 rings (SSSR count). The molecular weight excluding hydrogens is 248 g/mol. The summed E-state index contributed by atoms with van der Waals surface area (Å²) < 4.78 is 0. The molecule has 2 N–H and O–H groups in total. The van der Waals surface area contributed by atoms with Crippen molar-refractivity contribution in [2.45, 2.75) is 19.3 Å². The predicted molar refractivity (Wildman–Crippen MR) is 71.9 cm³/mol. The second kappa shape index (κ2) is 6.12. The number of amidine groups is 1. The fourth-order valence-corrected chi connectivity index (χ4v) is 2.25. The van der Waals surface area contributed by atoms with E-state index in [4.69, 9.17) is 10.7 Å². The van der Waals surface area contributed by atoms with E-state index in [1.54, 1.807) is 6.20 Å². The van der Waals surface area contributed by atoms with E-state index in [2.05, 4.69) is 15.5 Å². The Bertz CT molecular complexity index is 466. The normalized spacial score (nSPS) is 16.2. The van der Waals surface area contributed by atoms with Gasteiger partial charge in [0.2, 0.25) is 10.8 Å². The zero-order valence-electron chi connectivity index (χ0n) is 9.89. The van der Waals surface area contributed by atoms with E-state index in [0.717, 1.165) is 25.9 Å². The Morgan fingerprint density at radius 1 is 1.50 bits per heavy atom. The number of aromatic nitrogens is 1. The van der Waals surface area contributed by atoms with Crippen molar-refractivity contribution < 1.29 is 0 Å². The molecule has 1 aromatic heterocycles. The Balaban J connectivity index is 2.01. The van der Waals surface area contributed by atoms with Crippen LogP contribution in [0.15, 0.2) is 16.7 Å². The van der Waals surface area contributed by atoms with Crippen molar-refractivity contribution >= 4 is 28.0 Å². The van der Waals surface area contributed by atoms with Gasteiger partial charge in [-0.2, -0.15) is 10.4 Å². The van der Waals surface area contributed by atoms with E-state index < -0.39 is 0 Å². The van der Waals surface area contributed by atoms with E-state index in [-0.39, 0.29) is 11.5 Å². The van der Waals surface area contributed by atoms with Crippen molar-refractivity contribution in [3.05, 3.63) is 11.6 Å². The lowest BCUT2D eigenvalue weighted by Crippen LogP contribution is -2.39. The minimum absolute atomic E-state index is 0.104. The van der Waals surface area contributed by atoms with Gasteiger partial charge in [-0.15, -0.1) is 11.3 Å². The third-order valence-corrected chi connectivity index (χ3v) is 3.38. The SMILES string of the molecule is N#C/C(=N\Nc1nccs1)C(=N)N1CCCCC1. The van der Waals surface area contributed by atoms with E-state index in [0.29, 0.717) is 5.13 Å². The fourth-order valence-electron chi connectivity index (χ4n) is 1.78. The number of hydrazone groups is 1.